The lowest BCUT2D eigenvalue weighted by atomic mass is 9.83. The minimum absolute atomic E-state index is 0.0161. The van der Waals surface area contributed by atoms with E-state index >= 15 is 0 Å². The van der Waals surface area contributed by atoms with Crippen molar-refractivity contribution < 1.29 is 23.8 Å². The second kappa shape index (κ2) is 10.8. The number of carbonyl (C=O) groups is 2. The standard InChI is InChI=1S/C26H31FN2O4/c27-23-14-18(6-8-22(23)19-4-2-1-3-5-19)17-33-21-7-9-24-20(15-21)11-13-29(24)25(30)16-28-12-10-26(31)32/h6-9,14-15,19,28H,1-5,10-13,16-17H2,(H,31,32). The number of halogens is 1. The Bertz CT molecular complexity index is 1000. The average Bonchev–Trinajstić information content (AvgIpc) is 3.24. The number of carbonyl (C=O) groups excluding carboxylic acids is 1. The summed E-state index contributed by atoms with van der Waals surface area (Å²) in [7, 11) is 0. The molecular weight excluding hydrogens is 423 g/mol. The predicted octanol–water partition coefficient (Wildman–Crippen LogP) is 4.41. The molecule has 1 fully saturated rings. The highest BCUT2D eigenvalue weighted by Gasteiger charge is 2.25. The van der Waals surface area contributed by atoms with Crippen LogP contribution in [-0.2, 0) is 22.6 Å². The smallest absolute Gasteiger partial charge is 0.304 e. The van der Waals surface area contributed by atoms with Gasteiger partial charge in [0.1, 0.15) is 18.2 Å². The van der Waals surface area contributed by atoms with Crippen LogP contribution in [0.4, 0.5) is 10.1 Å². The van der Waals surface area contributed by atoms with E-state index in [1.54, 1.807) is 11.0 Å². The Morgan fingerprint density at radius 2 is 1.94 bits per heavy atom. The second-order valence-electron chi connectivity index (χ2n) is 8.89. The number of amides is 1. The third-order valence-corrected chi connectivity index (χ3v) is 6.55. The van der Waals surface area contributed by atoms with Crippen molar-refractivity contribution in [3.8, 4) is 5.75 Å². The molecule has 2 aromatic carbocycles. The number of ether oxygens (including phenoxy) is 1. The molecule has 0 unspecified atom stereocenters. The van der Waals surface area contributed by atoms with Crippen LogP contribution in [0.3, 0.4) is 0 Å². The normalized spacial score (nSPS) is 16.0. The first-order valence-electron chi connectivity index (χ1n) is 11.8. The lowest BCUT2D eigenvalue weighted by Gasteiger charge is -2.22. The SMILES string of the molecule is O=C(O)CCNCC(=O)N1CCc2cc(OCc3ccc(C4CCCCC4)c(F)c3)ccc21. The molecule has 1 saturated carbocycles. The van der Waals surface area contributed by atoms with E-state index in [0.29, 0.717) is 18.2 Å². The Morgan fingerprint density at radius 1 is 1.12 bits per heavy atom. The molecule has 0 atom stereocenters. The van der Waals surface area contributed by atoms with Crippen LogP contribution in [0.2, 0.25) is 0 Å². The van der Waals surface area contributed by atoms with Gasteiger partial charge in [0.25, 0.3) is 0 Å². The molecule has 4 rings (SSSR count). The Morgan fingerprint density at radius 3 is 2.70 bits per heavy atom. The molecule has 0 aromatic heterocycles. The van der Waals surface area contributed by atoms with Gasteiger partial charge in [-0.3, -0.25) is 9.59 Å². The van der Waals surface area contributed by atoms with Gasteiger partial charge in [-0.25, -0.2) is 4.39 Å². The molecule has 2 aliphatic rings. The highest BCUT2D eigenvalue weighted by molar-refractivity contribution is 5.96. The highest BCUT2D eigenvalue weighted by Crippen LogP contribution is 2.35. The van der Waals surface area contributed by atoms with Crippen molar-refractivity contribution in [2.24, 2.45) is 0 Å². The van der Waals surface area contributed by atoms with Gasteiger partial charge in [-0.15, -0.1) is 0 Å². The Hall–Kier alpha value is -2.93. The fraction of sp³-hybridized carbons (Fsp3) is 0.462. The van der Waals surface area contributed by atoms with E-state index in [4.69, 9.17) is 9.84 Å². The molecule has 0 bridgehead atoms. The van der Waals surface area contributed by atoms with Crippen molar-refractivity contribution in [2.45, 2.75) is 57.5 Å². The maximum Gasteiger partial charge on any atom is 0.304 e. The molecule has 7 heteroatoms. The summed E-state index contributed by atoms with van der Waals surface area (Å²) in [5.41, 5.74) is 3.52. The molecule has 2 N–H and O–H groups in total. The third-order valence-electron chi connectivity index (χ3n) is 6.55. The van der Waals surface area contributed by atoms with E-state index in [1.165, 1.54) is 19.3 Å². The number of carboxylic acids is 1. The van der Waals surface area contributed by atoms with Gasteiger partial charge in [0.2, 0.25) is 5.91 Å². The minimum Gasteiger partial charge on any atom is -0.489 e. The molecule has 33 heavy (non-hydrogen) atoms. The Kier molecular flexibility index (Phi) is 7.60. The number of hydrogen-bond acceptors (Lipinski definition) is 4. The van der Waals surface area contributed by atoms with Crippen LogP contribution in [0.5, 0.6) is 5.75 Å². The molecule has 6 nitrogen and oxygen atoms in total. The van der Waals surface area contributed by atoms with Crippen molar-refractivity contribution in [1.82, 2.24) is 5.32 Å². The number of aliphatic carboxylic acids is 1. The van der Waals surface area contributed by atoms with Crippen molar-refractivity contribution in [3.05, 3.63) is 58.9 Å². The number of anilines is 1. The zero-order valence-electron chi connectivity index (χ0n) is 18.8. The van der Waals surface area contributed by atoms with E-state index in [1.807, 2.05) is 30.3 Å². The summed E-state index contributed by atoms with van der Waals surface area (Å²) in [6.45, 7) is 1.24. The van der Waals surface area contributed by atoms with Crippen molar-refractivity contribution in [3.63, 3.8) is 0 Å². The fourth-order valence-electron chi connectivity index (χ4n) is 4.78. The topological polar surface area (TPSA) is 78.9 Å². The quantitative estimate of drug-likeness (QED) is 0.549. The molecule has 1 aliphatic heterocycles. The number of nitrogens with zero attached hydrogens (tertiary/aromatic N) is 1. The van der Waals surface area contributed by atoms with Gasteiger partial charge in [0, 0.05) is 18.8 Å². The number of nitrogens with one attached hydrogen (secondary N) is 1. The summed E-state index contributed by atoms with van der Waals surface area (Å²) in [5.74, 6) is -0.0795. The molecule has 0 spiro atoms. The van der Waals surface area contributed by atoms with Crippen molar-refractivity contribution >= 4 is 17.6 Å². The molecule has 1 heterocycles. The van der Waals surface area contributed by atoms with E-state index in [-0.39, 0.29) is 37.8 Å². The third kappa shape index (κ3) is 5.90. The Balaban J connectivity index is 1.32. The fourth-order valence-corrected chi connectivity index (χ4v) is 4.78. The molecule has 176 valence electrons. The summed E-state index contributed by atoms with van der Waals surface area (Å²) >= 11 is 0. The minimum atomic E-state index is -0.892. The predicted molar refractivity (Wildman–Crippen MR) is 124 cm³/mol. The van der Waals surface area contributed by atoms with Crippen LogP contribution in [0, 0.1) is 5.82 Å². The second-order valence-corrected chi connectivity index (χ2v) is 8.89. The zero-order chi connectivity index (χ0) is 23.2. The first kappa shape index (κ1) is 23.2. The molecule has 0 saturated heterocycles. The maximum atomic E-state index is 14.7. The van der Waals surface area contributed by atoms with Crippen LogP contribution in [0.15, 0.2) is 36.4 Å². The zero-order valence-corrected chi connectivity index (χ0v) is 18.8. The lowest BCUT2D eigenvalue weighted by Crippen LogP contribution is -2.37. The molecule has 1 amide bonds. The van der Waals surface area contributed by atoms with Gasteiger partial charge in [0.05, 0.1) is 13.0 Å². The molecule has 2 aromatic rings. The van der Waals surface area contributed by atoms with E-state index < -0.39 is 5.97 Å². The Labute approximate surface area is 193 Å². The number of rotatable bonds is 9. The monoisotopic (exact) mass is 454 g/mol. The van der Waals surface area contributed by atoms with Gasteiger partial charge in [-0.05, 0) is 66.1 Å². The van der Waals surface area contributed by atoms with Gasteiger partial charge < -0.3 is 20.1 Å². The van der Waals surface area contributed by atoms with E-state index in [0.717, 1.165) is 41.6 Å². The number of hydrogen-bond donors (Lipinski definition) is 2. The molecule has 0 radical (unpaired) electrons. The molecular formula is C26H31FN2O4. The lowest BCUT2D eigenvalue weighted by molar-refractivity contribution is -0.137. The van der Waals surface area contributed by atoms with E-state index in [2.05, 4.69) is 5.32 Å². The van der Waals surface area contributed by atoms with Crippen LogP contribution in [0.25, 0.3) is 0 Å². The summed E-state index contributed by atoms with van der Waals surface area (Å²) in [6.07, 6.45) is 6.46. The number of fused-ring (bicyclic) bond motifs is 1. The van der Waals surface area contributed by atoms with Crippen molar-refractivity contribution in [2.75, 3.05) is 24.5 Å². The number of benzene rings is 2. The average molecular weight is 455 g/mol. The summed E-state index contributed by atoms with van der Waals surface area (Å²) in [5, 5.41) is 11.6. The van der Waals surface area contributed by atoms with Crippen LogP contribution >= 0.6 is 0 Å². The summed E-state index contributed by atoms with van der Waals surface area (Å²) in [4.78, 5) is 24.8. The highest BCUT2D eigenvalue weighted by atomic mass is 19.1. The van der Waals surface area contributed by atoms with E-state index in [9.17, 15) is 14.0 Å². The van der Waals surface area contributed by atoms with Crippen LogP contribution in [0.1, 0.15) is 61.1 Å². The van der Waals surface area contributed by atoms with Gasteiger partial charge >= 0.3 is 5.97 Å². The van der Waals surface area contributed by atoms with Crippen LogP contribution < -0.4 is 15.0 Å². The number of carboxylic acid groups (broad SMARTS) is 1. The van der Waals surface area contributed by atoms with Crippen molar-refractivity contribution in [1.29, 1.82) is 0 Å². The van der Waals surface area contributed by atoms with Gasteiger partial charge in [-0.1, -0.05) is 31.4 Å². The molecule has 1 aliphatic carbocycles. The maximum absolute atomic E-state index is 14.7. The van der Waals surface area contributed by atoms with Crippen LogP contribution in [-0.4, -0.2) is 36.6 Å². The van der Waals surface area contributed by atoms with Gasteiger partial charge in [-0.2, -0.15) is 0 Å². The first-order chi connectivity index (χ1) is 16.0. The first-order valence-corrected chi connectivity index (χ1v) is 11.8. The van der Waals surface area contributed by atoms with Gasteiger partial charge in [0.15, 0.2) is 0 Å². The largest absolute Gasteiger partial charge is 0.489 e. The summed E-state index contributed by atoms with van der Waals surface area (Å²) < 4.78 is 20.6. The summed E-state index contributed by atoms with van der Waals surface area (Å²) in [6, 6.07) is 11.1.